The van der Waals surface area contributed by atoms with Crippen LogP contribution in [0.5, 0.6) is 5.88 Å². The quantitative estimate of drug-likeness (QED) is 0.582. The zero-order valence-corrected chi connectivity index (χ0v) is 15.2. The van der Waals surface area contributed by atoms with Crippen LogP contribution >= 0.6 is 15.9 Å². The van der Waals surface area contributed by atoms with Gasteiger partial charge in [0.15, 0.2) is 5.69 Å². The summed E-state index contributed by atoms with van der Waals surface area (Å²) < 4.78 is 46.7. The molecule has 0 radical (unpaired) electrons. The van der Waals surface area contributed by atoms with Gasteiger partial charge < -0.3 is 4.74 Å². The van der Waals surface area contributed by atoms with Crippen molar-refractivity contribution in [3.63, 3.8) is 0 Å². The van der Waals surface area contributed by atoms with Crippen LogP contribution in [0.4, 0.5) is 13.2 Å². The molecule has 0 bridgehead atoms. The maximum atomic E-state index is 13.1. The molecule has 3 aromatic heterocycles. The second-order valence-electron chi connectivity index (χ2n) is 5.44. The fourth-order valence-corrected chi connectivity index (χ4v) is 2.77. The van der Waals surface area contributed by atoms with Crippen LogP contribution in [0.3, 0.4) is 0 Å². The number of nitrogens with zero attached hydrogens (tertiary/aromatic N) is 4. The third-order valence-corrected chi connectivity index (χ3v) is 4.29. The van der Waals surface area contributed by atoms with Crippen LogP contribution in [0, 0.1) is 0 Å². The molecular formula is C16H14BrF3N4O2. The first kappa shape index (κ1) is 18.4. The first-order chi connectivity index (χ1) is 12.3. The summed E-state index contributed by atoms with van der Waals surface area (Å²) >= 11 is 3.29. The van der Waals surface area contributed by atoms with E-state index >= 15 is 0 Å². The number of pyridine rings is 1. The lowest BCUT2D eigenvalue weighted by molar-refractivity contribution is -0.141. The Bertz CT molecular complexity index is 997. The minimum atomic E-state index is -4.59. The van der Waals surface area contributed by atoms with Gasteiger partial charge in [-0.15, -0.1) is 0 Å². The molecule has 0 atom stereocenters. The third kappa shape index (κ3) is 3.46. The molecule has 0 unspecified atom stereocenters. The Kier molecular flexibility index (Phi) is 5.03. The van der Waals surface area contributed by atoms with Crippen LogP contribution in [-0.4, -0.2) is 31.8 Å². The van der Waals surface area contributed by atoms with Gasteiger partial charge >= 0.3 is 6.18 Å². The molecule has 3 aromatic rings. The summed E-state index contributed by atoms with van der Waals surface area (Å²) in [6.45, 7) is 0.400. The second-order valence-corrected chi connectivity index (χ2v) is 6.23. The van der Waals surface area contributed by atoms with Gasteiger partial charge in [0.1, 0.15) is 0 Å². The van der Waals surface area contributed by atoms with Crippen LogP contribution in [-0.2, 0) is 12.7 Å². The van der Waals surface area contributed by atoms with Gasteiger partial charge in [0, 0.05) is 29.6 Å². The second kappa shape index (κ2) is 7.10. The Hall–Kier alpha value is -2.36. The van der Waals surface area contributed by atoms with Crippen LogP contribution < -0.4 is 10.3 Å². The maximum absolute atomic E-state index is 13.1. The molecule has 138 valence electrons. The Labute approximate surface area is 154 Å². The van der Waals surface area contributed by atoms with Crippen molar-refractivity contribution in [2.24, 2.45) is 0 Å². The molecular weight excluding hydrogens is 417 g/mol. The Morgan fingerprint density at radius 2 is 1.96 bits per heavy atom. The number of aryl methyl sites for hydroxylation is 1. The van der Waals surface area contributed by atoms with E-state index in [1.807, 2.05) is 0 Å². The highest BCUT2D eigenvalue weighted by Gasteiger charge is 2.35. The van der Waals surface area contributed by atoms with E-state index in [0.29, 0.717) is 29.6 Å². The molecule has 0 aliphatic rings. The van der Waals surface area contributed by atoms with Crippen molar-refractivity contribution in [1.29, 1.82) is 0 Å². The molecule has 0 aliphatic carbocycles. The molecule has 0 amide bonds. The number of hydrogen-bond acceptors (Lipinski definition) is 4. The molecule has 0 N–H and O–H groups in total. The van der Waals surface area contributed by atoms with E-state index in [9.17, 15) is 18.0 Å². The Balaban J connectivity index is 2.19. The van der Waals surface area contributed by atoms with Gasteiger partial charge in [-0.1, -0.05) is 15.9 Å². The standard InChI is InChI=1S/C16H14BrF3N4O2/c1-26-15-6-3-10(12-9-13(16(18,19)20)22-24(12)15)11-4-5-14(25)23(21-11)8-2-7-17/h3-6,9H,2,7-8H2,1H3. The Morgan fingerprint density at radius 3 is 2.62 bits per heavy atom. The van der Waals surface area contributed by atoms with Crippen LogP contribution in [0.15, 0.2) is 35.1 Å². The monoisotopic (exact) mass is 430 g/mol. The molecule has 3 heterocycles. The molecule has 10 heteroatoms. The largest absolute Gasteiger partial charge is 0.481 e. The van der Waals surface area contributed by atoms with Gasteiger partial charge in [-0.3, -0.25) is 4.79 Å². The number of ether oxygens (including phenoxy) is 1. The van der Waals surface area contributed by atoms with E-state index in [1.54, 1.807) is 6.07 Å². The van der Waals surface area contributed by atoms with Gasteiger partial charge in [-0.2, -0.15) is 27.9 Å². The first-order valence-corrected chi connectivity index (χ1v) is 8.76. The summed E-state index contributed by atoms with van der Waals surface area (Å²) in [5.74, 6) is 0.159. The summed E-state index contributed by atoms with van der Waals surface area (Å²) in [6, 6.07) is 6.86. The molecule has 0 aliphatic heterocycles. The average Bonchev–Trinajstić information content (AvgIpc) is 3.06. The van der Waals surface area contributed by atoms with Crippen molar-refractivity contribution in [3.8, 4) is 17.1 Å². The molecule has 0 saturated carbocycles. The molecule has 26 heavy (non-hydrogen) atoms. The molecule has 6 nitrogen and oxygen atoms in total. The highest BCUT2D eigenvalue weighted by atomic mass is 79.9. The zero-order chi connectivity index (χ0) is 18.9. The van der Waals surface area contributed by atoms with Crippen LogP contribution in [0.1, 0.15) is 12.1 Å². The highest BCUT2D eigenvalue weighted by molar-refractivity contribution is 9.09. The lowest BCUT2D eigenvalue weighted by atomic mass is 10.1. The number of methoxy groups -OCH3 is 1. The lowest BCUT2D eigenvalue weighted by Gasteiger charge is -2.09. The van der Waals surface area contributed by atoms with Crippen molar-refractivity contribution < 1.29 is 17.9 Å². The van der Waals surface area contributed by atoms with Crippen molar-refractivity contribution in [1.82, 2.24) is 19.4 Å². The fraction of sp³-hybridized carbons (Fsp3) is 0.312. The predicted octanol–water partition coefficient (Wildman–Crippen LogP) is 3.37. The van der Waals surface area contributed by atoms with E-state index in [1.165, 1.54) is 30.0 Å². The van der Waals surface area contributed by atoms with E-state index < -0.39 is 11.9 Å². The van der Waals surface area contributed by atoms with Crippen LogP contribution in [0.2, 0.25) is 0 Å². The third-order valence-electron chi connectivity index (χ3n) is 3.73. The fourth-order valence-electron chi connectivity index (χ4n) is 2.52. The van der Waals surface area contributed by atoms with E-state index in [0.717, 1.165) is 10.6 Å². The number of halogens is 4. The van der Waals surface area contributed by atoms with Crippen LogP contribution in [0.25, 0.3) is 16.8 Å². The smallest absolute Gasteiger partial charge is 0.435 e. The number of hydrogen-bond donors (Lipinski definition) is 0. The van der Waals surface area contributed by atoms with Gasteiger partial charge in [0.25, 0.3) is 5.56 Å². The minimum Gasteiger partial charge on any atom is -0.481 e. The SMILES string of the molecule is COc1ccc(-c2ccc(=O)n(CCCBr)n2)c2cc(C(F)(F)F)nn12. The van der Waals surface area contributed by atoms with Crippen molar-refractivity contribution in [3.05, 3.63) is 46.4 Å². The number of fused-ring (bicyclic) bond motifs is 1. The Morgan fingerprint density at radius 1 is 1.19 bits per heavy atom. The highest BCUT2D eigenvalue weighted by Crippen LogP contribution is 2.33. The van der Waals surface area contributed by atoms with Crippen molar-refractivity contribution in [2.45, 2.75) is 19.1 Å². The van der Waals surface area contributed by atoms with Gasteiger partial charge in [0.2, 0.25) is 5.88 Å². The molecule has 3 rings (SSSR count). The molecule has 0 spiro atoms. The molecule has 0 fully saturated rings. The number of rotatable bonds is 5. The summed E-state index contributed by atoms with van der Waals surface area (Å²) in [4.78, 5) is 11.9. The topological polar surface area (TPSA) is 61.4 Å². The predicted molar refractivity (Wildman–Crippen MR) is 92.6 cm³/mol. The molecule has 0 saturated heterocycles. The summed E-state index contributed by atoms with van der Waals surface area (Å²) in [7, 11) is 1.35. The van der Waals surface area contributed by atoms with Gasteiger partial charge in [0.05, 0.1) is 18.3 Å². The number of aromatic nitrogens is 4. The number of alkyl halides is 4. The summed E-state index contributed by atoms with van der Waals surface area (Å²) in [6.07, 6.45) is -3.89. The summed E-state index contributed by atoms with van der Waals surface area (Å²) in [5.41, 5.74) is -0.323. The average molecular weight is 431 g/mol. The van der Waals surface area contributed by atoms with Crippen molar-refractivity contribution >= 4 is 21.4 Å². The van der Waals surface area contributed by atoms with E-state index in [-0.39, 0.29) is 17.0 Å². The van der Waals surface area contributed by atoms with Crippen molar-refractivity contribution in [2.75, 3.05) is 12.4 Å². The van der Waals surface area contributed by atoms with E-state index in [2.05, 4.69) is 26.1 Å². The first-order valence-electron chi connectivity index (χ1n) is 7.63. The lowest BCUT2D eigenvalue weighted by Crippen LogP contribution is -2.22. The molecule has 0 aromatic carbocycles. The van der Waals surface area contributed by atoms with Gasteiger partial charge in [-0.25, -0.2) is 4.68 Å². The minimum absolute atomic E-state index is 0.159. The summed E-state index contributed by atoms with van der Waals surface area (Å²) in [5, 5.41) is 8.58. The van der Waals surface area contributed by atoms with E-state index in [4.69, 9.17) is 4.74 Å². The maximum Gasteiger partial charge on any atom is 0.435 e. The normalized spacial score (nSPS) is 11.9. The zero-order valence-electron chi connectivity index (χ0n) is 13.6. The van der Waals surface area contributed by atoms with Gasteiger partial charge in [-0.05, 0) is 24.6 Å².